The lowest BCUT2D eigenvalue weighted by Crippen LogP contribution is -2.53. The van der Waals surface area contributed by atoms with E-state index in [4.69, 9.17) is 5.73 Å². The molecule has 0 aromatic heterocycles. The number of carbonyl (C=O) groups is 1. The van der Waals surface area contributed by atoms with Crippen molar-refractivity contribution in [2.45, 2.75) is 81.9 Å². The van der Waals surface area contributed by atoms with Crippen molar-refractivity contribution in [1.29, 1.82) is 0 Å². The first-order valence-electron chi connectivity index (χ1n) is 10.5. The van der Waals surface area contributed by atoms with Crippen LogP contribution < -0.4 is 10.5 Å². The van der Waals surface area contributed by atoms with Crippen molar-refractivity contribution < 1.29 is 13.2 Å². The molecule has 0 bridgehead atoms. The topological polar surface area (TPSA) is 92.5 Å². The lowest BCUT2D eigenvalue weighted by molar-refractivity contribution is -0.136. The van der Waals surface area contributed by atoms with Gasteiger partial charge in [0.2, 0.25) is 15.9 Å². The minimum atomic E-state index is -3.46. The van der Waals surface area contributed by atoms with Gasteiger partial charge in [0.1, 0.15) is 0 Å². The fraction of sp³-hybridized carbons (Fsp3) is 0.947. The predicted octanol–water partition coefficient (Wildman–Crippen LogP) is 1.99. The van der Waals surface area contributed by atoms with Gasteiger partial charge >= 0.3 is 0 Å². The minimum absolute atomic E-state index is 0.114. The minimum Gasteiger partial charge on any atom is -0.341 e. The second kappa shape index (κ2) is 9.02. The van der Waals surface area contributed by atoms with E-state index in [2.05, 4.69) is 4.72 Å². The molecule has 2 aliphatic carbocycles. The average molecular weight is 386 g/mol. The molecule has 0 aromatic rings. The molecule has 7 heteroatoms. The summed E-state index contributed by atoms with van der Waals surface area (Å²) in [7, 11) is -3.46. The highest BCUT2D eigenvalue weighted by atomic mass is 32.2. The van der Waals surface area contributed by atoms with Crippen molar-refractivity contribution in [2.24, 2.45) is 17.6 Å². The first-order chi connectivity index (χ1) is 12.5. The summed E-state index contributed by atoms with van der Waals surface area (Å²) in [5, 5.41) is -0.501. The van der Waals surface area contributed by atoms with Crippen molar-refractivity contribution in [3.63, 3.8) is 0 Å². The predicted molar refractivity (Wildman–Crippen MR) is 103 cm³/mol. The third-order valence-corrected chi connectivity index (χ3v) is 8.52. The van der Waals surface area contributed by atoms with E-state index in [1.165, 1.54) is 6.42 Å². The summed E-state index contributed by atoms with van der Waals surface area (Å²) in [6.07, 6.45) is 11.2. The Balaban J connectivity index is 1.61. The Labute approximate surface area is 158 Å². The molecule has 1 aliphatic heterocycles. The molecular formula is C19H35N3O3S. The van der Waals surface area contributed by atoms with Crippen molar-refractivity contribution in [3.8, 4) is 0 Å². The van der Waals surface area contributed by atoms with Crippen LogP contribution in [-0.4, -0.2) is 50.2 Å². The van der Waals surface area contributed by atoms with Crippen LogP contribution in [-0.2, 0) is 14.8 Å². The molecule has 3 rings (SSSR count). The molecular weight excluding hydrogens is 350 g/mol. The number of likely N-dealkylation sites (tertiary alicyclic amines) is 1. The summed E-state index contributed by atoms with van der Waals surface area (Å²) in [6, 6.07) is -0.166. The quantitative estimate of drug-likeness (QED) is 0.731. The van der Waals surface area contributed by atoms with Gasteiger partial charge in [-0.3, -0.25) is 4.79 Å². The van der Waals surface area contributed by atoms with E-state index in [0.29, 0.717) is 32.0 Å². The Morgan fingerprint density at radius 3 is 2.31 bits per heavy atom. The second-order valence-corrected chi connectivity index (χ2v) is 10.4. The summed E-state index contributed by atoms with van der Waals surface area (Å²) in [5.74, 6) is 0.636. The van der Waals surface area contributed by atoms with E-state index < -0.39 is 15.3 Å². The highest BCUT2D eigenvalue weighted by Gasteiger charge is 2.37. The van der Waals surface area contributed by atoms with Gasteiger partial charge in [-0.05, 0) is 44.4 Å². The van der Waals surface area contributed by atoms with Gasteiger partial charge in [-0.25, -0.2) is 13.1 Å². The molecule has 3 aliphatic rings. The Kier molecular flexibility index (Phi) is 6.97. The molecule has 150 valence electrons. The van der Waals surface area contributed by atoms with E-state index >= 15 is 0 Å². The third kappa shape index (κ3) is 4.78. The molecule has 1 heterocycles. The van der Waals surface area contributed by atoms with E-state index in [9.17, 15) is 13.2 Å². The molecule has 3 fully saturated rings. The normalized spacial score (nSPS) is 27.6. The Morgan fingerprint density at radius 2 is 1.65 bits per heavy atom. The monoisotopic (exact) mass is 385 g/mol. The van der Waals surface area contributed by atoms with Crippen molar-refractivity contribution >= 4 is 15.9 Å². The summed E-state index contributed by atoms with van der Waals surface area (Å²) in [6.45, 7) is 1.39. The highest BCUT2D eigenvalue weighted by molar-refractivity contribution is 7.90. The first-order valence-corrected chi connectivity index (χ1v) is 12.1. The Morgan fingerprint density at radius 1 is 1.00 bits per heavy atom. The van der Waals surface area contributed by atoms with E-state index in [-0.39, 0.29) is 17.9 Å². The number of piperidine rings is 1. The first kappa shape index (κ1) is 20.1. The molecule has 0 aromatic carbocycles. The standard InChI is InChI=1S/C19H35N3O3S/c20-13-18(15-7-2-1-3-8-15)21-26(24,25)17-11-6-12-22(14-17)19(23)16-9-4-5-10-16/h15-18,21H,1-14,20H2. The van der Waals surface area contributed by atoms with Gasteiger partial charge in [0, 0.05) is 31.6 Å². The van der Waals surface area contributed by atoms with Crippen LogP contribution in [0.2, 0.25) is 0 Å². The van der Waals surface area contributed by atoms with Crippen molar-refractivity contribution in [2.75, 3.05) is 19.6 Å². The van der Waals surface area contributed by atoms with Gasteiger partial charge < -0.3 is 10.6 Å². The number of sulfonamides is 1. The molecule has 0 radical (unpaired) electrons. The van der Waals surface area contributed by atoms with Crippen LogP contribution in [0.1, 0.15) is 70.6 Å². The number of nitrogens with zero attached hydrogens (tertiary/aromatic N) is 1. The fourth-order valence-corrected chi connectivity index (χ4v) is 6.76. The highest BCUT2D eigenvalue weighted by Crippen LogP contribution is 2.29. The molecule has 1 saturated heterocycles. The number of amides is 1. The zero-order valence-electron chi connectivity index (χ0n) is 15.9. The zero-order valence-corrected chi connectivity index (χ0v) is 16.7. The summed E-state index contributed by atoms with van der Waals surface area (Å²) in [4.78, 5) is 14.5. The summed E-state index contributed by atoms with van der Waals surface area (Å²) >= 11 is 0. The summed E-state index contributed by atoms with van der Waals surface area (Å²) in [5.41, 5.74) is 5.91. The van der Waals surface area contributed by atoms with E-state index in [1.54, 1.807) is 4.90 Å². The smallest absolute Gasteiger partial charge is 0.225 e. The molecule has 1 amide bonds. The molecule has 26 heavy (non-hydrogen) atoms. The lowest BCUT2D eigenvalue weighted by atomic mass is 9.84. The number of carbonyl (C=O) groups excluding carboxylic acids is 1. The largest absolute Gasteiger partial charge is 0.341 e. The fourth-order valence-electron chi connectivity index (χ4n) is 5.00. The van der Waals surface area contributed by atoms with Crippen LogP contribution >= 0.6 is 0 Å². The number of nitrogens with two attached hydrogens (primary N) is 1. The van der Waals surface area contributed by atoms with Crippen LogP contribution in [0.15, 0.2) is 0 Å². The van der Waals surface area contributed by atoms with Gasteiger partial charge in [-0.2, -0.15) is 0 Å². The maximum atomic E-state index is 13.0. The Bertz CT molecular complexity index is 569. The van der Waals surface area contributed by atoms with Gasteiger partial charge in [-0.1, -0.05) is 32.1 Å². The van der Waals surface area contributed by atoms with Gasteiger partial charge in [0.15, 0.2) is 0 Å². The molecule has 2 atom stereocenters. The number of rotatable bonds is 6. The number of nitrogens with one attached hydrogen (secondary N) is 1. The maximum Gasteiger partial charge on any atom is 0.225 e. The molecule has 2 unspecified atom stereocenters. The third-order valence-electron chi connectivity index (χ3n) is 6.62. The van der Waals surface area contributed by atoms with E-state index in [1.807, 2.05) is 0 Å². The molecule has 3 N–H and O–H groups in total. The second-order valence-electron chi connectivity index (χ2n) is 8.43. The average Bonchev–Trinajstić information content (AvgIpc) is 3.21. The SMILES string of the molecule is NCC(NS(=O)(=O)C1CCCN(C(=O)C2CCCC2)C1)C1CCCCC1. The van der Waals surface area contributed by atoms with Gasteiger partial charge in [-0.15, -0.1) is 0 Å². The summed E-state index contributed by atoms with van der Waals surface area (Å²) < 4.78 is 28.9. The van der Waals surface area contributed by atoms with Crippen LogP contribution in [0.25, 0.3) is 0 Å². The van der Waals surface area contributed by atoms with Crippen LogP contribution in [0.3, 0.4) is 0 Å². The zero-order chi connectivity index (χ0) is 18.6. The molecule has 2 saturated carbocycles. The Hall–Kier alpha value is -0.660. The van der Waals surface area contributed by atoms with Gasteiger partial charge in [0.25, 0.3) is 0 Å². The lowest BCUT2D eigenvalue weighted by Gasteiger charge is -2.36. The molecule has 6 nitrogen and oxygen atoms in total. The maximum absolute atomic E-state index is 13.0. The van der Waals surface area contributed by atoms with Crippen molar-refractivity contribution in [1.82, 2.24) is 9.62 Å². The van der Waals surface area contributed by atoms with E-state index in [0.717, 1.165) is 57.8 Å². The number of hydrogen-bond acceptors (Lipinski definition) is 4. The van der Waals surface area contributed by atoms with Crippen LogP contribution in [0.5, 0.6) is 0 Å². The van der Waals surface area contributed by atoms with Crippen LogP contribution in [0.4, 0.5) is 0 Å². The molecule has 0 spiro atoms. The van der Waals surface area contributed by atoms with Crippen molar-refractivity contribution in [3.05, 3.63) is 0 Å². The number of hydrogen-bond donors (Lipinski definition) is 2. The van der Waals surface area contributed by atoms with Crippen LogP contribution in [0, 0.1) is 11.8 Å². The van der Waals surface area contributed by atoms with Gasteiger partial charge in [0.05, 0.1) is 5.25 Å².